The van der Waals surface area contributed by atoms with E-state index in [1.54, 1.807) is 33.8 Å². The second-order valence-electron chi connectivity index (χ2n) is 6.73. The van der Waals surface area contributed by atoms with Gasteiger partial charge in [-0.3, -0.25) is 4.79 Å². The largest absolute Gasteiger partial charge is 0.459 e. The third-order valence-electron chi connectivity index (χ3n) is 3.09. The van der Waals surface area contributed by atoms with Crippen LogP contribution in [-0.2, 0) is 22.1 Å². The molecule has 0 aromatic heterocycles. The first-order valence-electron chi connectivity index (χ1n) is 7.53. The number of rotatable bonds is 5. The number of alkyl halides is 3. The van der Waals surface area contributed by atoms with Crippen LogP contribution in [0.5, 0.6) is 0 Å². The maximum absolute atomic E-state index is 12.7. The van der Waals surface area contributed by atoms with Gasteiger partial charge in [-0.25, -0.2) is 0 Å². The Morgan fingerprint density at radius 2 is 1.83 bits per heavy atom. The van der Waals surface area contributed by atoms with Gasteiger partial charge >= 0.3 is 12.1 Å². The predicted octanol–water partition coefficient (Wildman–Crippen LogP) is 3.96. The highest BCUT2D eigenvalue weighted by molar-refractivity contribution is 5.75. The van der Waals surface area contributed by atoms with E-state index in [0.717, 1.165) is 12.1 Å². The number of benzene rings is 1. The van der Waals surface area contributed by atoms with E-state index in [9.17, 15) is 18.0 Å². The van der Waals surface area contributed by atoms with Gasteiger partial charge in [-0.15, -0.1) is 0 Å². The molecule has 1 aromatic rings. The highest BCUT2D eigenvalue weighted by Crippen LogP contribution is 2.29. The Morgan fingerprint density at radius 1 is 1.22 bits per heavy atom. The van der Waals surface area contributed by atoms with Crippen molar-refractivity contribution in [3.05, 3.63) is 35.4 Å². The average Bonchev–Trinajstić information content (AvgIpc) is 2.35. The van der Waals surface area contributed by atoms with E-state index in [1.807, 2.05) is 6.92 Å². The molecule has 0 spiro atoms. The molecule has 0 heterocycles. The van der Waals surface area contributed by atoms with Crippen LogP contribution in [0.25, 0.3) is 0 Å². The van der Waals surface area contributed by atoms with E-state index in [0.29, 0.717) is 12.0 Å². The molecule has 0 aliphatic rings. The summed E-state index contributed by atoms with van der Waals surface area (Å²) in [6, 6.07) is 4.52. The van der Waals surface area contributed by atoms with Gasteiger partial charge in [0, 0.05) is 6.04 Å². The second kappa shape index (κ2) is 7.34. The van der Waals surface area contributed by atoms with Gasteiger partial charge in [0.25, 0.3) is 0 Å². The fraction of sp³-hybridized carbons (Fsp3) is 0.588. The van der Waals surface area contributed by atoms with Gasteiger partial charge < -0.3 is 10.1 Å². The Morgan fingerprint density at radius 3 is 2.35 bits per heavy atom. The van der Waals surface area contributed by atoms with Gasteiger partial charge in [-0.1, -0.05) is 18.2 Å². The van der Waals surface area contributed by atoms with Crippen molar-refractivity contribution >= 4 is 5.97 Å². The van der Waals surface area contributed by atoms with E-state index in [-0.39, 0.29) is 12.0 Å². The SMILES string of the molecule is CC(Cc1cccc(C(F)(F)F)c1)N[C@@H](C)C(=O)OC(C)(C)C. The van der Waals surface area contributed by atoms with Crippen LogP contribution in [0.4, 0.5) is 13.2 Å². The summed E-state index contributed by atoms with van der Waals surface area (Å²) in [6.07, 6.45) is -3.96. The molecule has 6 heteroatoms. The highest BCUT2D eigenvalue weighted by Gasteiger charge is 2.30. The number of carbonyl (C=O) groups is 1. The first kappa shape index (κ1) is 19.5. The monoisotopic (exact) mass is 331 g/mol. The molecule has 130 valence electrons. The summed E-state index contributed by atoms with van der Waals surface area (Å²) in [5, 5.41) is 3.05. The minimum absolute atomic E-state index is 0.166. The van der Waals surface area contributed by atoms with Crippen molar-refractivity contribution < 1.29 is 22.7 Å². The smallest absolute Gasteiger partial charge is 0.416 e. The molecule has 23 heavy (non-hydrogen) atoms. The molecule has 0 amide bonds. The number of hydrogen-bond donors (Lipinski definition) is 1. The number of carbonyl (C=O) groups excluding carboxylic acids is 1. The molecule has 0 aliphatic carbocycles. The Hall–Kier alpha value is -1.56. The molecule has 1 N–H and O–H groups in total. The Labute approximate surface area is 135 Å². The van der Waals surface area contributed by atoms with E-state index in [1.165, 1.54) is 6.07 Å². The molecular formula is C17H24F3NO2. The molecule has 1 aromatic carbocycles. The minimum atomic E-state index is -4.35. The first-order chi connectivity index (χ1) is 10.4. The zero-order valence-corrected chi connectivity index (χ0v) is 14.1. The summed E-state index contributed by atoms with van der Waals surface area (Å²) in [6.45, 7) is 8.84. The van der Waals surface area contributed by atoms with Crippen LogP contribution in [-0.4, -0.2) is 23.7 Å². The van der Waals surface area contributed by atoms with Crippen LogP contribution in [0.2, 0.25) is 0 Å². The lowest BCUT2D eigenvalue weighted by molar-refractivity contribution is -0.157. The zero-order chi connectivity index (χ0) is 17.8. The molecule has 0 fully saturated rings. The van der Waals surface area contributed by atoms with Gasteiger partial charge in [-0.05, 0) is 52.7 Å². The Kier molecular flexibility index (Phi) is 6.22. The zero-order valence-electron chi connectivity index (χ0n) is 14.1. The van der Waals surface area contributed by atoms with Crippen molar-refractivity contribution in [1.29, 1.82) is 0 Å². The van der Waals surface area contributed by atoms with Crippen molar-refractivity contribution in [2.45, 2.75) is 64.9 Å². The van der Waals surface area contributed by atoms with E-state index < -0.39 is 23.4 Å². The minimum Gasteiger partial charge on any atom is -0.459 e. The lowest BCUT2D eigenvalue weighted by Gasteiger charge is -2.24. The van der Waals surface area contributed by atoms with Gasteiger partial charge in [0.1, 0.15) is 11.6 Å². The molecule has 2 atom stereocenters. The number of nitrogens with one attached hydrogen (secondary N) is 1. The summed E-state index contributed by atoms with van der Waals surface area (Å²) >= 11 is 0. The second-order valence-corrected chi connectivity index (χ2v) is 6.73. The van der Waals surface area contributed by atoms with Crippen molar-refractivity contribution in [3.63, 3.8) is 0 Å². The summed E-state index contributed by atoms with van der Waals surface area (Å²) in [5.41, 5.74) is -0.671. The normalized spacial score (nSPS) is 15.1. The lowest BCUT2D eigenvalue weighted by Crippen LogP contribution is -2.44. The lowest BCUT2D eigenvalue weighted by atomic mass is 10.0. The molecule has 3 nitrogen and oxygen atoms in total. The van der Waals surface area contributed by atoms with E-state index in [4.69, 9.17) is 4.74 Å². The fourth-order valence-corrected chi connectivity index (χ4v) is 2.17. The van der Waals surface area contributed by atoms with Crippen LogP contribution in [0.3, 0.4) is 0 Å². The van der Waals surface area contributed by atoms with Gasteiger partial charge in [0.05, 0.1) is 5.56 Å². The maximum atomic E-state index is 12.7. The summed E-state index contributed by atoms with van der Waals surface area (Å²) in [5.74, 6) is -0.381. The molecule has 0 saturated heterocycles. The molecule has 0 radical (unpaired) electrons. The number of hydrogen-bond acceptors (Lipinski definition) is 3. The molecule has 0 aliphatic heterocycles. The number of halogens is 3. The van der Waals surface area contributed by atoms with Crippen LogP contribution < -0.4 is 5.32 Å². The Bertz CT molecular complexity index is 535. The maximum Gasteiger partial charge on any atom is 0.416 e. The van der Waals surface area contributed by atoms with E-state index in [2.05, 4.69) is 5.32 Å². The quantitative estimate of drug-likeness (QED) is 0.830. The predicted molar refractivity (Wildman–Crippen MR) is 83.1 cm³/mol. The van der Waals surface area contributed by atoms with E-state index >= 15 is 0 Å². The average molecular weight is 331 g/mol. The van der Waals surface area contributed by atoms with Crippen LogP contribution >= 0.6 is 0 Å². The van der Waals surface area contributed by atoms with Crippen molar-refractivity contribution in [2.75, 3.05) is 0 Å². The summed E-state index contributed by atoms with van der Waals surface area (Å²) in [4.78, 5) is 11.9. The first-order valence-corrected chi connectivity index (χ1v) is 7.53. The van der Waals surface area contributed by atoms with Gasteiger partial charge in [0.2, 0.25) is 0 Å². The van der Waals surface area contributed by atoms with Gasteiger partial charge in [0.15, 0.2) is 0 Å². The molecular weight excluding hydrogens is 307 g/mol. The number of ether oxygens (including phenoxy) is 1. The highest BCUT2D eigenvalue weighted by atomic mass is 19.4. The summed E-state index contributed by atoms with van der Waals surface area (Å²) in [7, 11) is 0. The Balaban J connectivity index is 2.63. The van der Waals surface area contributed by atoms with Crippen molar-refractivity contribution in [1.82, 2.24) is 5.32 Å². The molecule has 1 unspecified atom stereocenters. The fourth-order valence-electron chi connectivity index (χ4n) is 2.17. The van der Waals surface area contributed by atoms with Crippen LogP contribution in [0.15, 0.2) is 24.3 Å². The molecule has 0 saturated carbocycles. The third-order valence-corrected chi connectivity index (χ3v) is 3.09. The van der Waals surface area contributed by atoms with Crippen molar-refractivity contribution in [3.8, 4) is 0 Å². The molecule has 0 bridgehead atoms. The van der Waals surface area contributed by atoms with Crippen molar-refractivity contribution in [2.24, 2.45) is 0 Å². The van der Waals surface area contributed by atoms with Crippen LogP contribution in [0.1, 0.15) is 45.7 Å². The molecule has 1 rings (SSSR count). The van der Waals surface area contributed by atoms with Gasteiger partial charge in [-0.2, -0.15) is 13.2 Å². The topological polar surface area (TPSA) is 38.3 Å². The standard InChI is InChI=1S/C17H24F3NO2/c1-11(21-12(2)15(22)23-16(3,4)5)9-13-7-6-8-14(10-13)17(18,19)20/h6-8,10-12,21H,9H2,1-5H3/t11?,12-/m0/s1. The summed E-state index contributed by atoms with van der Waals surface area (Å²) < 4.78 is 43.4. The number of esters is 1. The third kappa shape index (κ3) is 7.03. The van der Waals surface area contributed by atoms with Crippen LogP contribution in [0, 0.1) is 0 Å².